The molecule has 0 aliphatic carbocycles. The van der Waals surface area contributed by atoms with Crippen LogP contribution < -0.4 is 10.6 Å². The summed E-state index contributed by atoms with van der Waals surface area (Å²) in [6, 6.07) is 5.66. The van der Waals surface area contributed by atoms with Crippen LogP contribution in [0.1, 0.15) is 37.3 Å². The maximum atomic E-state index is 11.8. The normalized spacial score (nSPS) is 11.8. The summed E-state index contributed by atoms with van der Waals surface area (Å²) in [4.78, 5) is 22.2. The lowest BCUT2D eigenvalue weighted by Gasteiger charge is -2.12. The van der Waals surface area contributed by atoms with Crippen molar-refractivity contribution in [3.05, 3.63) is 29.3 Å². The van der Waals surface area contributed by atoms with Crippen molar-refractivity contribution in [2.24, 2.45) is 5.92 Å². The van der Waals surface area contributed by atoms with Gasteiger partial charge in [-0.25, -0.2) is 4.79 Å². The first-order valence-electron chi connectivity index (χ1n) is 7.21. The van der Waals surface area contributed by atoms with E-state index in [9.17, 15) is 9.59 Å². The summed E-state index contributed by atoms with van der Waals surface area (Å²) < 4.78 is 0. The van der Waals surface area contributed by atoms with Crippen LogP contribution in [0.15, 0.2) is 18.2 Å². The Kier molecular flexibility index (Phi) is 6.72. The molecule has 0 radical (unpaired) electrons. The minimum absolute atomic E-state index is 0.177. The number of hydrogen-bond acceptors (Lipinski definition) is 2. The van der Waals surface area contributed by atoms with Crippen molar-refractivity contribution in [1.29, 1.82) is 0 Å². The number of amides is 2. The van der Waals surface area contributed by atoms with E-state index in [1.165, 1.54) is 0 Å². The SMILES string of the molecule is Cc1cc(C)cc(NC(=O)NCCC(C)CCC(=O)O)c1. The lowest BCUT2D eigenvalue weighted by atomic mass is 10.0. The number of carboxylic acid groups (broad SMARTS) is 1. The minimum Gasteiger partial charge on any atom is -0.481 e. The Balaban J connectivity index is 2.29. The van der Waals surface area contributed by atoms with E-state index in [1.807, 2.05) is 39.0 Å². The molecule has 0 saturated heterocycles. The summed E-state index contributed by atoms with van der Waals surface area (Å²) in [7, 11) is 0. The Morgan fingerprint density at radius 2 is 1.76 bits per heavy atom. The van der Waals surface area contributed by atoms with Crippen LogP contribution in [0.3, 0.4) is 0 Å². The molecule has 0 fully saturated rings. The number of benzene rings is 1. The fraction of sp³-hybridized carbons (Fsp3) is 0.500. The van der Waals surface area contributed by atoms with Crippen LogP contribution in [-0.2, 0) is 4.79 Å². The molecule has 116 valence electrons. The average Bonchev–Trinajstić information content (AvgIpc) is 2.34. The van der Waals surface area contributed by atoms with Gasteiger partial charge in [0.2, 0.25) is 0 Å². The topological polar surface area (TPSA) is 78.4 Å². The standard InChI is InChI=1S/C16H24N2O3/c1-11(4-5-15(19)20)6-7-17-16(21)18-14-9-12(2)8-13(3)10-14/h8-11H,4-7H2,1-3H3,(H,19,20)(H2,17,18,21). The molecule has 1 rings (SSSR count). The highest BCUT2D eigenvalue weighted by Gasteiger charge is 2.07. The number of aryl methyl sites for hydroxylation is 2. The average molecular weight is 292 g/mol. The summed E-state index contributed by atoms with van der Waals surface area (Å²) >= 11 is 0. The minimum atomic E-state index is -0.776. The fourth-order valence-corrected chi connectivity index (χ4v) is 2.17. The third-order valence-corrected chi connectivity index (χ3v) is 3.25. The van der Waals surface area contributed by atoms with Gasteiger partial charge in [-0.3, -0.25) is 4.79 Å². The molecular weight excluding hydrogens is 268 g/mol. The maximum absolute atomic E-state index is 11.8. The van der Waals surface area contributed by atoms with Crippen molar-refractivity contribution < 1.29 is 14.7 Å². The first-order chi connectivity index (χ1) is 9.86. The first-order valence-corrected chi connectivity index (χ1v) is 7.21. The summed E-state index contributed by atoms with van der Waals surface area (Å²) in [5, 5.41) is 14.2. The van der Waals surface area contributed by atoms with Crippen LogP contribution in [0, 0.1) is 19.8 Å². The Hall–Kier alpha value is -2.04. The van der Waals surface area contributed by atoms with Gasteiger partial charge in [0, 0.05) is 18.7 Å². The van der Waals surface area contributed by atoms with Crippen molar-refractivity contribution in [2.45, 2.75) is 40.0 Å². The third kappa shape index (κ3) is 7.34. The van der Waals surface area contributed by atoms with Crippen LogP contribution in [0.5, 0.6) is 0 Å². The van der Waals surface area contributed by atoms with Gasteiger partial charge in [-0.1, -0.05) is 13.0 Å². The Morgan fingerprint density at radius 3 is 2.33 bits per heavy atom. The van der Waals surface area contributed by atoms with Crippen LogP contribution >= 0.6 is 0 Å². The molecule has 3 N–H and O–H groups in total. The molecular formula is C16H24N2O3. The number of rotatable bonds is 7. The van der Waals surface area contributed by atoms with E-state index in [-0.39, 0.29) is 18.4 Å². The van der Waals surface area contributed by atoms with E-state index >= 15 is 0 Å². The molecule has 5 nitrogen and oxygen atoms in total. The van der Waals surface area contributed by atoms with Crippen molar-refractivity contribution in [3.63, 3.8) is 0 Å². The van der Waals surface area contributed by atoms with Crippen molar-refractivity contribution in [3.8, 4) is 0 Å². The van der Waals surface area contributed by atoms with Crippen LogP contribution in [0.2, 0.25) is 0 Å². The quantitative estimate of drug-likeness (QED) is 0.721. The first kappa shape index (κ1) is 17.0. The molecule has 0 heterocycles. The molecule has 21 heavy (non-hydrogen) atoms. The van der Waals surface area contributed by atoms with Crippen LogP contribution in [0.25, 0.3) is 0 Å². The molecule has 1 atom stereocenters. The largest absolute Gasteiger partial charge is 0.481 e. The zero-order valence-corrected chi connectivity index (χ0v) is 12.9. The smallest absolute Gasteiger partial charge is 0.319 e. The highest BCUT2D eigenvalue weighted by molar-refractivity contribution is 5.89. The number of nitrogens with one attached hydrogen (secondary N) is 2. The number of carbonyl (C=O) groups excluding carboxylic acids is 1. The monoisotopic (exact) mass is 292 g/mol. The molecule has 5 heteroatoms. The molecule has 1 aromatic rings. The number of urea groups is 1. The van der Waals surface area contributed by atoms with Gasteiger partial charge in [-0.05, 0) is 55.9 Å². The van der Waals surface area contributed by atoms with Crippen LogP contribution in [0.4, 0.5) is 10.5 Å². The predicted octanol–water partition coefficient (Wildman–Crippen LogP) is 3.32. The number of carbonyl (C=O) groups is 2. The van der Waals surface area contributed by atoms with Gasteiger partial charge in [0.05, 0.1) is 0 Å². The maximum Gasteiger partial charge on any atom is 0.319 e. The number of aliphatic carboxylic acids is 1. The van der Waals surface area contributed by atoms with Gasteiger partial charge in [0.1, 0.15) is 0 Å². The van der Waals surface area contributed by atoms with Gasteiger partial charge in [0.25, 0.3) is 0 Å². The predicted molar refractivity (Wildman–Crippen MR) is 83.6 cm³/mol. The lowest BCUT2D eigenvalue weighted by Crippen LogP contribution is -2.30. The number of carboxylic acids is 1. The van der Waals surface area contributed by atoms with Gasteiger partial charge in [0.15, 0.2) is 0 Å². The molecule has 1 aromatic carbocycles. The summed E-state index contributed by atoms with van der Waals surface area (Å²) in [6.45, 7) is 6.50. The highest BCUT2D eigenvalue weighted by atomic mass is 16.4. The van der Waals surface area contributed by atoms with Gasteiger partial charge < -0.3 is 15.7 Å². The van der Waals surface area contributed by atoms with E-state index in [0.29, 0.717) is 13.0 Å². The molecule has 0 aromatic heterocycles. The molecule has 0 spiro atoms. The Bertz CT molecular complexity index is 480. The molecule has 2 amide bonds. The zero-order chi connectivity index (χ0) is 15.8. The van der Waals surface area contributed by atoms with E-state index in [1.54, 1.807) is 0 Å². The molecule has 0 aliphatic rings. The van der Waals surface area contributed by atoms with Crippen LogP contribution in [-0.4, -0.2) is 23.7 Å². The molecule has 0 bridgehead atoms. The molecule has 1 unspecified atom stereocenters. The number of hydrogen-bond donors (Lipinski definition) is 3. The van der Waals surface area contributed by atoms with Crippen molar-refractivity contribution >= 4 is 17.7 Å². The van der Waals surface area contributed by atoms with Gasteiger partial charge in [-0.15, -0.1) is 0 Å². The second-order valence-electron chi connectivity index (χ2n) is 5.58. The van der Waals surface area contributed by atoms with Crippen molar-refractivity contribution in [1.82, 2.24) is 5.32 Å². The summed E-state index contributed by atoms with van der Waals surface area (Å²) in [5.41, 5.74) is 2.99. The third-order valence-electron chi connectivity index (χ3n) is 3.25. The Labute approximate surface area is 125 Å². The number of anilines is 1. The Morgan fingerprint density at radius 1 is 1.14 bits per heavy atom. The second-order valence-corrected chi connectivity index (χ2v) is 5.58. The summed E-state index contributed by atoms with van der Waals surface area (Å²) in [5.74, 6) is -0.495. The van der Waals surface area contributed by atoms with Crippen molar-refractivity contribution in [2.75, 3.05) is 11.9 Å². The van der Waals surface area contributed by atoms with E-state index in [0.717, 1.165) is 23.2 Å². The zero-order valence-electron chi connectivity index (χ0n) is 12.9. The van der Waals surface area contributed by atoms with E-state index in [2.05, 4.69) is 10.6 Å². The molecule has 0 saturated carbocycles. The second kappa shape index (κ2) is 8.29. The van der Waals surface area contributed by atoms with E-state index in [4.69, 9.17) is 5.11 Å². The summed E-state index contributed by atoms with van der Waals surface area (Å²) in [6.07, 6.45) is 1.58. The van der Waals surface area contributed by atoms with Gasteiger partial charge in [-0.2, -0.15) is 0 Å². The van der Waals surface area contributed by atoms with Gasteiger partial charge >= 0.3 is 12.0 Å². The molecule has 0 aliphatic heterocycles. The highest BCUT2D eigenvalue weighted by Crippen LogP contribution is 2.13. The lowest BCUT2D eigenvalue weighted by molar-refractivity contribution is -0.137. The fourth-order valence-electron chi connectivity index (χ4n) is 2.17. The van der Waals surface area contributed by atoms with E-state index < -0.39 is 5.97 Å².